The molecule has 0 aromatic rings. The van der Waals surface area contributed by atoms with E-state index in [-0.39, 0.29) is 0 Å². The summed E-state index contributed by atoms with van der Waals surface area (Å²) in [5.41, 5.74) is 0. The summed E-state index contributed by atoms with van der Waals surface area (Å²) in [7, 11) is 2.40. The lowest BCUT2D eigenvalue weighted by Gasteiger charge is -2.09. The maximum atomic E-state index is 2.54. The molecule has 1 saturated heterocycles. The maximum Gasteiger partial charge on any atom is 0.216 e. The molecule has 0 aromatic carbocycles. The van der Waals surface area contributed by atoms with Crippen molar-refractivity contribution >= 4 is 34.2 Å². The van der Waals surface area contributed by atoms with Gasteiger partial charge in [0.2, 0.25) is 4.57 Å². The monoisotopic (exact) mass is 205 g/mol. The van der Waals surface area contributed by atoms with Crippen LogP contribution in [0.5, 0.6) is 0 Å². The van der Waals surface area contributed by atoms with Gasteiger partial charge in [0.1, 0.15) is 7.28 Å². The number of hydrogen-bond acceptors (Lipinski definition) is 0. The summed E-state index contributed by atoms with van der Waals surface area (Å²) >= 11 is 2.54. The van der Waals surface area contributed by atoms with E-state index in [1.54, 1.807) is 0 Å². The van der Waals surface area contributed by atoms with Crippen molar-refractivity contribution in [2.45, 2.75) is 25.3 Å². The lowest BCUT2D eigenvalue weighted by Crippen LogP contribution is -2.10. The van der Waals surface area contributed by atoms with Crippen molar-refractivity contribution < 1.29 is 0 Å². The van der Waals surface area contributed by atoms with Crippen molar-refractivity contribution in [3.63, 3.8) is 0 Å². The first kappa shape index (κ1) is 5.99. The Labute approximate surface area is 59.6 Å². The molecule has 7 heavy (non-hydrogen) atoms. The van der Waals surface area contributed by atoms with E-state index in [1.165, 1.54) is 25.3 Å². The Balaban J connectivity index is 2.12. The predicted octanol–water partition coefficient (Wildman–Crippen LogP) is 1.97. The van der Waals surface area contributed by atoms with Crippen LogP contribution in [0.15, 0.2) is 0 Å². The van der Waals surface area contributed by atoms with E-state index in [9.17, 15) is 0 Å². The van der Waals surface area contributed by atoms with Crippen molar-refractivity contribution in [3.8, 4) is 0 Å². The topological polar surface area (TPSA) is 0 Å². The highest BCUT2D eigenvalue weighted by Gasteiger charge is 2.12. The van der Waals surface area contributed by atoms with Gasteiger partial charge >= 0.3 is 0 Å². The summed E-state index contributed by atoms with van der Waals surface area (Å²) in [6.45, 7) is 0. The maximum absolute atomic E-state index is 2.54. The Morgan fingerprint density at radius 2 is 1.86 bits per heavy atom. The third-order valence-corrected chi connectivity index (χ3v) is 2.61. The lowest BCUT2D eigenvalue weighted by molar-refractivity contribution is 1.25. The molecule has 1 heterocycles. The fraction of sp³-hybridized carbons (Fsp3) is 1.00. The fourth-order valence-electron chi connectivity index (χ4n) is 0.886. The Morgan fingerprint density at radius 1 is 1.29 bits per heavy atom. The average Bonchev–Trinajstić information content (AvgIpc) is 1.69. The lowest BCUT2D eigenvalue weighted by atomic mass is 9.49. The van der Waals surface area contributed by atoms with Crippen LogP contribution < -0.4 is 0 Å². The second-order valence-electron chi connectivity index (χ2n) is 2.04. The molecule has 1 aliphatic rings. The summed E-state index contributed by atoms with van der Waals surface area (Å²) in [5, 5.41) is 0. The highest BCUT2D eigenvalue weighted by atomic mass is 127. The van der Waals surface area contributed by atoms with Gasteiger partial charge in [-0.15, -0.1) is 22.4 Å². The molecule has 1 radical (unpaired) electrons. The van der Waals surface area contributed by atoms with Crippen LogP contribution in [-0.4, -0.2) is 11.8 Å². The Kier molecular flexibility index (Phi) is 2.57. The molecular formula is C4H8B2I. The van der Waals surface area contributed by atoms with Crippen molar-refractivity contribution in [1.82, 2.24) is 0 Å². The number of halogens is 1. The second kappa shape index (κ2) is 3.00. The highest BCUT2D eigenvalue weighted by molar-refractivity contribution is 14.1. The summed E-state index contributed by atoms with van der Waals surface area (Å²) in [5.74, 6) is 0. The summed E-state index contributed by atoms with van der Waals surface area (Å²) in [6, 6.07) is 0. The fourth-order valence-corrected chi connectivity index (χ4v) is 1.61. The number of rotatable bonds is 0. The van der Waals surface area contributed by atoms with E-state index in [0.29, 0.717) is 0 Å². The van der Waals surface area contributed by atoms with E-state index in [1.807, 2.05) is 0 Å². The van der Waals surface area contributed by atoms with Crippen molar-refractivity contribution in [1.29, 1.82) is 0 Å². The molecule has 0 spiro atoms. The molecule has 0 aliphatic carbocycles. The minimum atomic E-state index is 0.975. The molecule has 0 aromatic heterocycles. The van der Waals surface area contributed by atoms with Crippen LogP contribution in [0.4, 0.5) is 0 Å². The molecule has 3 heteroatoms. The quantitative estimate of drug-likeness (QED) is 0.418. The van der Waals surface area contributed by atoms with Crippen LogP contribution in [0.2, 0.25) is 25.3 Å². The summed E-state index contributed by atoms with van der Waals surface area (Å²) < 4.78 is 0.975. The molecule has 0 N–H and O–H groups in total. The third-order valence-electron chi connectivity index (χ3n) is 1.37. The van der Waals surface area contributed by atoms with E-state index in [4.69, 9.17) is 0 Å². The molecule has 0 unspecified atom stereocenters. The highest BCUT2D eigenvalue weighted by Crippen LogP contribution is 2.18. The van der Waals surface area contributed by atoms with Crippen LogP contribution in [0, 0.1) is 0 Å². The zero-order valence-electron chi connectivity index (χ0n) is 4.36. The molecule has 1 rings (SSSR count). The van der Waals surface area contributed by atoms with E-state index in [0.717, 1.165) is 4.57 Å². The van der Waals surface area contributed by atoms with Gasteiger partial charge in [0, 0.05) is 0 Å². The van der Waals surface area contributed by atoms with Crippen molar-refractivity contribution in [2.24, 2.45) is 0 Å². The first-order valence-corrected chi connectivity index (χ1v) is 4.10. The van der Waals surface area contributed by atoms with Crippen LogP contribution in [0.1, 0.15) is 0 Å². The molecule has 0 amide bonds. The second-order valence-corrected chi connectivity index (χ2v) is 3.80. The van der Waals surface area contributed by atoms with Gasteiger partial charge in [-0.25, -0.2) is 0 Å². The standard InChI is InChI=1S/C4H8B2I/c7-6-3-1-5-2-4-6/h1-4H2. The van der Waals surface area contributed by atoms with Crippen molar-refractivity contribution in [2.75, 3.05) is 0 Å². The molecule has 0 bridgehead atoms. The molecule has 1 fully saturated rings. The first-order chi connectivity index (χ1) is 3.39. The summed E-state index contributed by atoms with van der Waals surface area (Å²) in [4.78, 5) is 0. The normalized spacial score (nSPS) is 21.6. The van der Waals surface area contributed by atoms with Gasteiger partial charge in [-0.05, 0) is 0 Å². The van der Waals surface area contributed by atoms with Gasteiger partial charge in [0.15, 0.2) is 0 Å². The minimum absolute atomic E-state index is 0.975. The summed E-state index contributed by atoms with van der Waals surface area (Å²) in [6.07, 6.45) is 5.54. The SMILES string of the molecule is IB1CC[B]CC1. The van der Waals surface area contributed by atoms with Gasteiger partial charge in [0.25, 0.3) is 0 Å². The molecule has 0 atom stereocenters. The average molecular weight is 205 g/mol. The Morgan fingerprint density at radius 3 is 2.14 bits per heavy atom. The van der Waals surface area contributed by atoms with E-state index < -0.39 is 0 Å². The molecule has 37 valence electrons. The molecule has 0 nitrogen and oxygen atoms in total. The van der Waals surface area contributed by atoms with Crippen LogP contribution in [0.3, 0.4) is 0 Å². The van der Waals surface area contributed by atoms with Gasteiger partial charge in [-0.3, -0.25) is 0 Å². The molecular weight excluding hydrogens is 197 g/mol. The van der Waals surface area contributed by atoms with Crippen molar-refractivity contribution in [3.05, 3.63) is 0 Å². The predicted molar refractivity (Wildman–Crippen MR) is 44.8 cm³/mol. The Hall–Kier alpha value is 0.860. The zero-order chi connectivity index (χ0) is 5.11. The molecule has 0 saturated carbocycles. The van der Waals surface area contributed by atoms with Crippen LogP contribution in [0.25, 0.3) is 0 Å². The van der Waals surface area contributed by atoms with Gasteiger partial charge in [-0.2, -0.15) is 0 Å². The van der Waals surface area contributed by atoms with Gasteiger partial charge in [0.05, 0.1) is 0 Å². The third kappa shape index (κ3) is 2.06. The minimum Gasteiger partial charge on any atom is -0.150 e. The largest absolute Gasteiger partial charge is 0.216 e. The van der Waals surface area contributed by atoms with E-state index in [2.05, 4.69) is 29.7 Å². The van der Waals surface area contributed by atoms with Gasteiger partial charge < -0.3 is 0 Å². The first-order valence-electron chi connectivity index (χ1n) is 2.85. The number of hydrogen-bond donors (Lipinski definition) is 0. The smallest absolute Gasteiger partial charge is 0.150 e. The van der Waals surface area contributed by atoms with Gasteiger partial charge in [-0.1, -0.05) is 25.3 Å². The Bertz CT molecular complexity index is 51.7. The van der Waals surface area contributed by atoms with Crippen LogP contribution >= 0.6 is 22.4 Å². The molecule has 1 aliphatic heterocycles. The van der Waals surface area contributed by atoms with Crippen LogP contribution in [-0.2, 0) is 0 Å². The van der Waals surface area contributed by atoms with E-state index >= 15 is 0 Å². The zero-order valence-corrected chi connectivity index (χ0v) is 6.52.